The number of fused-ring (bicyclic) bond motifs is 1. The number of carbonyl (C=O) groups is 2. The number of nitrogens with two attached hydrogens (primary N) is 1. The number of phenolic OH excluding ortho intramolecular Hbond substituents is 1. The molecular weight excluding hydrogens is 430 g/mol. The minimum Gasteiger partial charge on any atom is -0.507 e. The fourth-order valence-corrected chi connectivity index (χ4v) is 4.72. The molecule has 10 nitrogen and oxygen atoms in total. The smallest absolute Gasteiger partial charge is 0.253 e. The predicted molar refractivity (Wildman–Crippen MR) is 116 cm³/mol. The normalized spacial score (nSPS) is 12.7. The van der Waals surface area contributed by atoms with Crippen molar-refractivity contribution in [2.75, 3.05) is 19.8 Å². The molecule has 0 bridgehead atoms. The van der Waals surface area contributed by atoms with Crippen LogP contribution in [0.1, 0.15) is 12.5 Å². The maximum absolute atomic E-state index is 12.5. The van der Waals surface area contributed by atoms with Crippen LogP contribution in [0.25, 0.3) is 10.8 Å². The van der Waals surface area contributed by atoms with Gasteiger partial charge >= 0.3 is 0 Å². The van der Waals surface area contributed by atoms with E-state index in [2.05, 4.69) is 10.9 Å². The molecule has 0 aliphatic carbocycles. The Balaban J connectivity index is 2.20. The number of rotatable bonds is 9. The number of sulfonamides is 1. The summed E-state index contributed by atoms with van der Waals surface area (Å²) in [6, 6.07) is 7.13. The molecule has 0 unspecified atom stereocenters. The minimum absolute atomic E-state index is 0.0257. The van der Waals surface area contributed by atoms with E-state index in [4.69, 9.17) is 5.84 Å². The molecule has 0 aliphatic rings. The van der Waals surface area contributed by atoms with Gasteiger partial charge in [-0.15, -0.1) is 0 Å². The molecule has 30 heavy (non-hydrogen) atoms. The molecule has 1 atom stereocenters. The van der Waals surface area contributed by atoms with Gasteiger partial charge in [0.05, 0.1) is 4.90 Å². The number of hydrogen-bond donors (Lipinski definition) is 5. The molecule has 0 aliphatic heterocycles. The number of carbonyl (C=O) groups excluding carboxylic acids is 2. The van der Waals surface area contributed by atoms with Crippen LogP contribution in [0.15, 0.2) is 35.2 Å². The number of benzene rings is 2. The minimum atomic E-state index is -3.67. The summed E-state index contributed by atoms with van der Waals surface area (Å²) in [4.78, 5) is 23.0. The Hall–Kier alpha value is -2.38. The van der Waals surface area contributed by atoms with Crippen molar-refractivity contribution in [2.24, 2.45) is 5.84 Å². The molecule has 2 rings (SSSR count). The van der Waals surface area contributed by atoms with Crippen LogP contribution < -0.4 is 22.1 Å². The molecule has 12 heteroatoms. The van der Waals surface area contributed by atoms with Gasteiger partial charge in [-0.05, 0) is 23.8 Å². The molecule has 0 aromatic heterocycles. The molecule has 0 fully saturated rings. The Morgan fingerprint density at radius 3 is 2.50 bits per heavy atom. The lowest BCUT2D eigenvalue weighted by Crippen LogP contribution is -2.54. The first-order valence-electron chi connectivity index (χ1n) is 8.85. The maximum atomic E-state index is 12.5. The van der Waals surface area contributed by atoms with Crippen LogP contribution in [0, 0.1) is 0 Å². The summed E-state index contributed by atoms with van der Waals surface area (Å²) in [5.41, 5.74) is 7.83. The quantitative estimate of drug-likeness (QED) is 0.202. The van der Waals surface area contributed by atoms with E-state index in [9.17, 15) is 23.1 Å². The van der Waals surface area contributed by atoms with Gasteiger partial charge in [-0.3, -0.25) is 20.4 Å². The predicted octanol–water partition coefficient (Wildman–Crippen LogP) is 0.0281. The summed E-state index contributed by atoms with van der Waals surface area (Å²) in [5, 5.41) is 11.1. The summed E-state index contributed by atoms with van der Waals surface area (Å²) in [7, 11) is -0.776. The molecule has 164 valence electrons. The highest BCUT2D eigenvalue weighted by Gasteiger charge is 2.21. The maximum Gasteiger partial charge on any atom is 0.253 e. The van der Waals surface area contributed by atoms with Crippen LogP contribution in [-0.4, -0.2) is 55.5 Å². The third-order valence-corrected chi connectivity index (χ3v) is 7.19. The number of phenols is 1. The highest BCUT2D eigenvalue weighted by atomic mass is 32.2. The van der Waals surface area contributed by atoms with Crippen LogP contribution in [0.2, 0.25) is 0 Å². The van der Waals surface area contributed by atoms with Crippen molar-refractivity contribution >= 4 is 44.4 Å². The van der Waals surface area contributed by atoms with Crippen LogP contribution in [0.5, 0.6) is 5.75 Å². The Morgan fingerprint density at radius 2 is 1.90 bits per heavy atom. The van der Waals surface area contributed by atoms with Crippen molar-refractivity contribution in [3.63, 3.8) is 0 Å². The fraction of sp³-hybridized carbons (Fsp3) is 0.333. The molecule has 0 radical (unpaired) electrons. The lowest BCUT2D eigenvalue weighted by molar-refractivity contribution is -0.124. The highest BCUT2D eigenvalue weighted by Crippen LogP contribution is 2.32. The van der Waals surface area contributed by atoms with Gasteiger partial charge in [0, 0.05) is 43.3 Å². The molecule has 2 amide bonds. The molecule has 2 aromatic carbocycles. The number of hydrazine groups is 2. The van der Waals surface area contributed by atoms with Gasteiger partial charge in [-0.1, -0.05) is 12.1 Å². The zero-order valence-electron chi connectivity index (χ0n) is 16.8. The number of nitrogens with zero attached hydrogens (tertiary/aromatic N) is 1. The van der Waals surface area contributed by atoms with Crippen LogP contribution in [0.3, 0.4) is 0 Å². The Labute approximate surface area is 179 Å². The van der Waals surface area contributed by atoms with Crippen molar-refractivity contribution in [2.45, 2.75) is 23.6 Å². The van der Waals surface area contributed by atoms with Crippen LogP contribution in [0.4, 0.5) is 0 Å². The van der Waals surface area contributed by atoms with Crippen LogP contribution >= 0.6 is 11.8 Å². The van der Waals surface area contributed by atoms with Gasteiger partial charge < -0.3 is 5.11 Å². The topological polar surface area (TPSA) is 154 Å². The third kappa shape index (κ3) is 5.61. The van der Waals surface area contributed by atoms with E-state index in [1.807, 2.05) is 5.43 Å². The molecule has 2 aromatic rings. The summed E-state index contributed by atoms with van der Waals surface area (Å²) < 4.78 is 26.2. The number of nitrogens with one attached hydrogen (secondary N) is 3. The van der Waals surface area contributed by atoms with Gasteiger partial charge in [0.25, 0.3) is 5.91 Å². The largest absolute Gasteiger partial charge is 0.507 e. The number of thioether (sulfide) groups is 1. The molecule has 0 saturated carbocycles. The second kappa shape index (κ2) is 10.1. The summed E-state index contributed by atoms with van der Waals surface area (Å²) in [6.45, 7) is 1.31. The molecular formula is C18H25N5O5S2. The van der Waals surface area contributed by atoms with Crippen molar-refractivity contribution in [3.05, 3.63) is 35.9 Å². The van der Waals surface area contributed by atoms with E-state index in [0.717, 1.165) is 9.87 Å². The SMILES string of the molecule is CC(=O)NN[C@@H](CSCc1ccc2c(S(=O)(=O)N(C)C)ccc(O)c2c1)C(=O)NN. The molecule has 6 N–H and O–H groups in total. The van der Waals surface area contributed by atoms with E-state index in [-0.39, 0.29) is 16.6 Å². The van der Waals surface area contributed by atoms with E-state index in [0.29, 0.717) is 22.3 Å². The van der Waals surface area contributed by atoms with Gasteiger partial charge in [-0.2, -0.15) is 11.8 Å². The standard InChI is InChI=1S/C18H25N5O5S2/c1-11(24)21-22-15(18(26)20-19)10-29-9-12-4-5-13-14(8-12)16(25)6-7-17(13)30(27,28)23(2)3/h4-8,15,22,25H,9-10,19H2,1-3H3,(H,20,26)(H,21,24)/t15-/m0/s1. The third-order valence-electron chi connectivity index (χ3n) is 4.21. The molecule has 0 heterocycles. The van der Waals surface area contributed by atoms with Crippen molar-refractivity contribution in [1.29, 1.82) is 0 Å². The Kier molecular flexibility index (Phi) is 8.03. The van der Waals surface area contributed by atoms with Gasteiger partial charge in [0.15, 0.2) is 0 Å². The summed E-state index contributed by atoms with van der Waals surface area (Å²) >= 11 is 1.40. The van der Waals surface area contributed by atoms with Crippen molar-refractivity contribution < 1.29 is 23.1 Å². The first kappa shape index (κ1) is 23.9. The van der Waals surface area contributed by atoms with Gasteiger partial charge in [0.2, 0.25) is 15.9 Å². The van der Waals surface area contributed by atoms with E-state index >= 15 is 0 Å². The average Bonchev–Trinajstić information content (AvgIpc) is 2.70. The van der Waals surface area contributed by atoms with E-state index in [1.165, 1.54) is 44.9 Å². The number of hydrogen-bond acceptors (Lipinski definition) is 8. The second-order valence-corrected chi connectivity index (χ2v) is 9.80. The van der Waals surface area contributed by atoms with Crippen molar-refractivity contribution in [3.8, 4) is 5.75 Å². The zero-order valence-corrected chi connectivity index (χ0v) is 18.4. The molecule has 0 spiro atoms. The molecule has 0 saturated heterocycles. The lowest BCUT2D eigenvalue weighted by Gasteiger charge is -2.17. The van der Waals surface area contributed by atoms with Crippen molar-refractivity contribution in [1.82, 2.24) is 20.6 Å². The van der Waals surface area contributed by atoms with Crippen LogP contribution in [-0.2, 0) is 25.4 Å². The number of aromatic hydroxyl groups is 1. The van der Waals surface area contributed by atoms with Gasteiger partial charge in [0.1, 0.15) is 11.8 Å². The second-order valence-electron chi connectivity index (χ2n) is 6.65. The summed E-state index contributed by atoms with van der Waals surface area (Å²) in [6.07, 6.45) is 0. The first-order chi connectivity index (χ1) is 14.1. The van der Waals surface area contributed by atoms with E-state index in [1.54, 1.807) is 18.2 Å². The lowest BCUT2D eigenvalue weighted by atomic mass is 10.1. The Bertz CT molecular complexity index is 1040. The number of amides is 2. The Morgan fingerprint density at radius 1 is 1.20 bits per heavy atom. The zero-order chi connectivity index (χ0) is 22.5. The highest BCUT2D eigenvalue weighted by molar-refractivity contribution is 7.98. The summed E-state index contributed by atoms with van der Waals surface area (Å²) in [5.74, 6) is 5.11. The first-order valence-corrected chi connectivity index (χ1v) is 11.4. The monoisotopic (exact) mass is 455 g/mol. The van der Waals surface area contributed by atoms with E-state index < -0.39 is 22.0 Å². The average molecular weight is 456 g/mol. The fourth-order valence-electron chi connectivity index (χ4n) is 2.63. The van der Waals surface area contributed by atoms with Gasteiger partial charge in [-0.25, -0.2) is 24.0 Å².